The average Bonchev–Trinajstić information content (AvgIpc) is 2.38. The van der Waals surface area contributed by atoms with Crippen molar-refractivity contribution in [3.8, 4) is 0 Å². The predicted molar refractivity (Wildman–Crippen MR) is 66.0 cm³/mol. The summed E-state index contributed by atoms with van der Waals surface area (Å²) in [6, 6.07) is 3.31. The summed E-state index contributed by atoms with van der Waals surface area (Å²) < 4.78 is 4.66. The molecule has 0 saturated heterocycles. The highest BCUT2D eigenvalue weighted by atomic mass is 16.5. The van der Waals surface area contributed by atoms with Crippen LogP contribution in [0.1, 0.15) is 16.1 Å². The number of methoxy groups -OCH3 is 1. The van der Waals surface area contributed by atoms with Crippen LogP contribution in [0.2, 0.25) is 0 Å². The molecule has 6 nitrogen and oxygen atoms in total. The summed E-state index contributed by atoms with van der Waals surface area (Å²) in [4.78, 5) is 28.4. The molecule has 1 amide bonds. The highest BCUT2D eigenvalue weighted by molar-refractivity contribution is 5.90. The summed E-state index contributed by atoms with van der Waals surface area (Å²) in [6.45, 7) is 0.537. The maximum absolute atomic E-state index is 11.5. The van der Waals surface area contributed by atoms with Gasteiger partial charge in [0.25, 0.3) is 0 Å². The third-order valence-electron chi connectivity index (χ3n) is 2.36. The molecule has 1 rings (SSSR count). The fourth-order valence-electron chi connectivity index (χ4n) is 1.32. The Morgan fingerprint density at radius 2 is 2.17 bits per heavy atom. The van der Waals surface area contributed by atoms with Crippen LogP contribution >= 0.6 is 0 Å². The molecule has 6 heteroatoms. The minimum atomic E-state index is -0.432. The zero-order valence-corrected chi connectivity index (χ0v) is 10.8. The molecule has 1 aromatic heterocycles. The summed E-state index contributed by atoms with van der Waals surface area (Å²) in [6.07, 6.45) is 1.59. The molecule has 98 valence electrons. The van der Waals surface area contributed by atoms with E-state index in [1.54, 1.807) is 32.4 Å². The van der Waals surface area contributed by atoms with Gasteiger partial charge in [0, 0.05) is 26.8 Å². The maximum atomic E-state index is 11.5. The van der Waals surface area contributed by atoms with E-state index in [9.17, 15) is 9.59 Å². The van der Waals surface area contributed by atoms with E-state index in [2.05, 4.69) is 15.0 Å². The molecule has 0 radical (unpaired) electrons. The highest BCUT2D eigenvalue weighted by Crippen LogP contribution is 2.06. The summed E-state index contributed by atoms with van der Waals surface area (Å²) in [5.41, 5.74) is 0.973. The molecule has 0 atom stereocenters. The second-order valence-electron chi connectivity index (χ2n) is 3.88. The first kappa shape index (κ1) is 14.1. The van der Waals surface area contributed by atoms with Gasteiger partial charge in [0.05, 0.1) is 24.9 Å². The van der Waals surface area contributed by atoms with Crippen molar-refractivity contribution in [2.75, 3.05) is 27.7 Å². The van der Waals surface area contributed by atoms with Crippen LogP contribution < -0.4 is 5.32 Å². The van der Waals surface area contributed by atoms with E-state index in [0.717, 1.165) is 0 Å². The Labute approximate surface area is 106 Å². The van der Waals surface area contributed by atoms with Crippen LogP contribution in [0.15, 0.2) is 18.3 Å². The van der Waals surface area contributed by atoms with Gasteiger partial charge in [-0.25, -0.2) is 4.79 Å². The molecule has 1 N–H and O–H groups in total. The van der Waals surface area contributed by atoms with Crippen molar-refractivity contribution >= 4 is 11.9 Å². The minimum Gasteiger partial charge on any atom is -0.465 e. The van der Waals surface area contributed by atoms with Gasteiger partial charge in [0.15, 0.2) is 0 Å². The van der Waals surface area contributed by atoms with Gasteiger partial charge in [-0.1, -0.05) is 0 Å². The standard InChI is InChI=1S/C12H17N3O3/c1-15(2)11(16)8-13-7-10-9(12(17)18-3)5-4-6-14-10/h4-6,13H,7-8H2,1-3H3. The first-order chi connectivity index (χ1) is 8.56. The molecule has 1 heterocycles. The molecule has 0 fully saturated rings. The van der Waals surface area contributed by atoms with E-state index in [1.165, 1.54) is 12.0 Å². The van der Waals surface area contributed by atoms with Crippen LogP contribution in [-0.2, 0) is 16.1 Å². The fraction of sp³-hybridized carbons (Fsp3) is 0.417. The Morgan fingerprint density at radius 1 is 1.44 bits per heavy atom. The molecule has 0 aromatic carbocycles. The second-order valence-corrected chi connectivity index (χ2v) is 3.88. The lowest BCUT2D eigenvalue weighted by Gasteiger charge is -2.11. The summed E-state index contributed by atoms with van der Waals surface area (Å²) >= 11 is 0. The maximum Gasteiger partial charge on any atom is 0.339 e. The second kappa shape index (κ2) is 6.70. The van der Waals surface area contributed by atoms with E-state index in [0.29, 0.717) is 17.8 Å². The number of carbonyl (C=O) groups excluding carboxylic acids is 2. The molecular formula is C12H17N3O3. The third-order valence-corrected chi connectivity index (χ3v) is 2.36. The molecule has 1 aromatic rings. The zero-order valence-electron chi connectivity index (χ0n) is 10.8. The van der Waals surface area contributed by atoms with Crippen LogP contribution in [0.25, 0.3) is 0 Å². The Bertz CT molecular complexity index is 432. The Kier molecular flexibility index (Phi) is 5.26. The molecular weight excluding hydrogens is 234 g/mol. The van der Waals surface area contributed by atoms with Crippen molar-refractivity contribution in [3.05, 3.63) is 29.6 Å². The van der Waals surface area contributed by atoms with Gasteiger partial charge in [-0.2, -0.15) is 0 Å². The van der Waals surface area contributed by atoms with E-state index >= 15 is 0 Å². The van der Waals surface area contributed by atoms with Crippen molar-refractivity contribution < 1.29 is 14.3 Å². The highest BCUT2D eigenvalue weighted by Gasteiger charge is 2.12. The Hall–Kier alpha value is -1.95. The first-order valence-corrected chi connectivity index (χ1v) is 5.49. The van der Waals surface area contributed by atoms with Crippen molar-refractivity contribution in [1.29, 1.82) is 0 Å². The number of nitrogens with one attached hydrogen (secondary N) is 1. The lowest BCUT2D eigenvalue weighted by atomic mass is 10.2. The van der Waals surface area contributed by atoms with Gasteiger partial charge in [0.2, 0.25) is 5.91 Å². The molecule has 0 saturated carbocycles. The number of nitrogens with zero attached hydrogens (tertiary/aromatic N) is 2. The Balaban J connectivity index is 2.62. The van der Waals surface area contributed by atoms with Crippen LogP contribution in [-0.4, -0.2) is 49.5 Å². The van der Waals surface area contributed by atoms with E-state index in [1.807, 2.05) is 0 Å². The molecule has 0 unspecified atom stereocenters. The lowest BCUT2D eigenvalue weighted by molar-refractivity contribution is -0.127. The van der Waals surface area contributed by atoms with E-state index in [-0.39, 0.29) is 12.5 Å². The molecule has 0 spiro atoms. The number of esters is 1. The summed E-state index contributed by atoms with van der Waals surface area (Å²) in [7, 11) is 4.69. The van der Waals surface area contributed by atoms with Gasteiger partial charge < -0.3 is 15.0 Å². The topological polar surface area (TPSA) is 71.5 Å². The number of amides is 1. The molecule has 0 aliphatic heterocycles. The number of likely N-dealkylation sites (N-methyl/N-ethyl adjacent to an activating group) is 1. The smallest absolute Gasteiger partial charge is 0.339 e. The predicted octanol–water partition coefficient (Wildman–Crippen LogP) is 0.0460. The monoisotopic (exact) mass is 251 g/mol. The van der Waals surface area contributed by atoms with Gasteiger partial charge in [-0.05, 0) is 12.1 Å². The van der Waals surface area contributed by atoms with Crippen molar-refractivity contribution in [3.63, 3.8) is 0 Å². The van der Waals surface area contributed by atoms with Crippen molar-refractivity contribution in [2.24, 2.45) is 0 Å². The first-order valence-electron chi connectivity index (χ1n) is 5.49. The number of pyridine rings is 1. The number of hydrogen-bond acceptors (Lipinski definition) is 5. The average molecular weight is 251 g/mol. The summed E-state index contributed by atoms with van der Waals surface area (Å²) in [5.74, 6) is -0.468. The number of rotatable bonds is 5. The molecule has 0 aliphatic carbocycles. The molecule has 0 aliphatic rings. The zero-order chi connectivity index (χ0) is 13.5. The van der Waals surface area contributed by atoms with Crippen molar-refractivity contribution in [1.82, 2.24) is 15.2 Å². The minimum absolute atomic E-state index is 0.0365. The SMILES string of the molecule is COC(=O)c1cccnc1CNCC(=O)N(C)C. The number of carbonyl (C=O) groups is 2. The normalized spacial score (nSPS) is 9.94. The fourth-order valence-corrected chi connectivity index (χ4v) is 1.32. The Morgan fingerprint density at radius 3 is 2.78 bits per heavy atom. The van der Waals surface area contributed by atoms with Crippen LogP contribution in [0, 0.1) is 0 Å². The quantitative estimate of drug-likeness (QED) is 0.748. The van der Waals surface area contributed by atoms with Gasteiger partial charge in [-0.15, -0.1) is 0 Å². The van der Waals surface area contributed by atoms with Crippen LogP contribution in [0.5, 0.6) is 0 Å². The van der Waals surface area contributed by atoms with Crippen LogP contribution in [0.3, 0.4) is 0 Å². The van der Waals surface area contributed by atoms with E-state index in [4.69, 9.17) is 0 Å². The largest absolute Gasteiger partial charge is 0.465 e. The summed E-state index contributed by atoms with van der Waals surface area (Å²) in [5, 5.41) is 2.94. The van der Waals surface area contributed by atoms with Gasteiger partial charge in [-0.3, -0.25) is 9.78 Å². The van der Waals surface area contributed by atoms with E-state index < -0.39 is 5.97 Å². The molecule has 18 heavy (non-hydrogen) atoms. The number of ether oxygens (including phenoxy) is 1. The van der Waals surface area contributed by atoms with Crippen molar-refractivity contribution in [2.45, 2.75) is 6.54 Å². The third kappa shape index (κ3) is 3.81. The van der Waals surface area contributed by atoms with Gasteiger partial charge >= 0.3 is 5.97 Å². The number of hydrogen-bond donors (Lipinski definition) is 1. The number of aromatic nitrogens is 1. The van der Waals surface area contributed by atoms with Crippen LogP contribution in [0.4, 0.5) is 0 Å². The lowest BCUT2D eigenvalue weighted by Crippen LogP contribution is -2.33. The van der Waals surface area contributed by atoms with Gasteiger partial charge in [0.1, 0.15) is 0 Å². The molecule has 0 bridgehead atoms.